The molecular weight excluding hydrogens is 697 g/mol. The van der Waals surface area contributed by atoms with E-state index in [0.29, 0.717) is 58.5 Å². The van der Waals surface area contributed by atoms with Crippen molar-refractivity contribution < 1.29 is 19.1 Å². The van der Waals surface area contributed by atoms with Crippen molar-refractivity contribution in [3.05, 3.63) is 76.3 Å². The molecule has 12 nitrogen and oxygen atoms in total. The van der Waals surface area contributed by atoms with Crippen LogP contribution in [0.4, 0.5) is 5.82 Å². The van der Waals surface area contributed by atoms with Crippen molar-refractivity contribution in [2.24, 2.45) is 11.5 Å². The zero-order chi connectivity index (χ0) is 37.5. The average molecular weight is 741 g/mol. The Morgan fingerprint density at radius 3 is 2.38 bits per heavy atom. The first kappa shape index (κ1) is 39.8. The van der Waals surface area contributed by atoms with Crippen molar-refractivity contribution >= 4 is 40.8 Å². The molecule has 2 atom stereocenters. The van der Waals surface area contributed by atoms with Gasteiger partial charge in [-0.15, -0.1) is 11.3 Å². The summed E-state index contributed by atoms with van der Waals surface area (Å²) in [6.45, 7) is 6.77. The van der Waals surface area contributed by atoms with Crippen LogP contribution in [0.3, 0.4) is 0 Å². The van der Waals surface area contributed by atoms with Gasteiger partial charge in [-0.1, -0.05) is 67.1 Å². The SMILES string of the molecule is CCCNc1nc(SCc2csc(-c3ccc(C)cc3)n2)c(C#N)c(-c2ccc(OCCOC(=O)[C@H](C)NC(=O)[C@@H](N)CCCCN)cc2)c1C#N. The molecule has 272 valence electrons. The van der Waals surface area contributed by atoms with Crippen molar-refractivity contribution in [1.82, 2.24) is 15.3 Å². The van der Waals surface area contributed by atoms with E-state index in [-0.39, 0.29) is 18.8 Å². The van der Waals surface area contributed by atoms with Crippen molar-refractivity contribution in [3.63, 3.8) is 0 Å². The number of esters is 1. The fourth-order valence-corrected chi connectivity index (χ4v) is 6.86. The molecule has 0 radical (unpaired) electrons. The van der Waals surface area contributed by atoms with Gasteiger partial charge in [-0.05, 0) is 57.4 Å². The summed E-state index contributed by atoms with van der Waals surface area (Å²) < 4.78 is 11.1. The largest absolute Gasteiger partial charge is 0.490 e. The van der Waals surface area contributed by atoms with Crippen LogP contribution in [0.5, 0.6) is 5.75 Å². The molecule has 2 heterocycles. The van der Waals surface area contributed by atoms with E-state index >= 15 is 0 Å². The van der Waals surface area contributed by atoms with Crippen molar-refractivity contribution in [2.45, 2.75) is 69.3 Å². The molecule has 2 aromatic carbocycles. The molecule has 0 saturated heterocycles. The minimum atomic E-state index is -0.867. The van der Waals surface area contributed by atoms with Gasteiger partial charge in [0.2, 0.25) is 5.91 Å². The van der Waals surface area contributed by atoms with E-state index in [2.05, 4.69) is 47.0 Å². The van der Waals surface area contributed by atoms with Gasteiger partial charge in [-0.2, -0.15) is 10.5 Å². The zero-order valence-electron chi connectivity index (χ0n) is 29.6. The number of ether oxygens (including phenoxy) is 2. The van der Waals surface area contributed by atoms with Gasteiger partial charge in [0.05, 0.1) is 17.3 Å². The number of benzene rings is 2. The second kappa shape index (κ2) is 20.2. The third kappa shape index (κ3) is 11.0. The highest BCUT2D eigenvalue weighted by Crippen LogP contribution is 2.38. The van der Waals surface area contributed by atoms with Crippen LogP contribution in [0.25, 0.3) is 21.7 Å². The molecule has 14 heteroatoms. The highest BCUT2D eigenvalue weighted by molar-refractivity contribution is 7.98. The van der Waals surface area contributed by atoms with Gasteiger partial charge < -0.3 is 31.6 Å². The molecule has 2 aromatic heterocycles. The summed E-state index contributed by atoms with van der Waals surface area (Å²) >= 11 is 2.97. The van der Waals surface area contributed by atoms with Crippen molar-refractivity contribution in [2.75, 3.05) is 31.6 Å². The highest BCUT2D eigenvalue weighted by Gasteiger charge is 2.23. The Morgan fingerprint density at radius 1 is 1.00 bits per heavy atom. The van der Waals surface area contributed by atoms with E-state index in [9.17, 15) is 20.1 Å². The number of anilines is 1. The number of hydrogen-bond acceptors (Lipinski definition) is 13. The number of rotatable bonds is 19. The van der Waals surface area contributed by atoms with E-state index in [0.717, 1.165) is 35.5 Å². The molecule has 0 aliphatic heterocycles. The number of nitrogens with two attached hydrogens (primary N) is 2. The first-order valence-corrected chi connectivity index (χ1v) is 19.0. The van der Waals surface area contributed by atoms with E-state index in [1.807, 2.05) is 19.2 Å². The van der Waals surface area contributed by atoms with Crippen LogP contribution >= 0.6 is 23.1 Å². The number of aryl methyl sites for hydroxylation is 1. The molecule has 4 rings (SSSR count). The number of carbonyl (C=O) groups excluding carboxylic acids is 2. The Hall–Kier alpha value is -4.99. The number of thiazole rings is 1. The molecule has 6 N–H and O–H groups in total. The molecular formula is C38H44N8O4S2. The predicted octanol–water partition coefficient (Wildman–Crippen LogP) is 5.92. The van der Waals surface area contributed by atoms with Crippen LogP contribution in [0.15, 0.2) is 58.9 Å². The van der Waals surface area contributed by atoms with Crippen LogP contribution in [-0.4, -0.2) is 60.2 Å². The fraction of sp³-hybridized carbons (Fsp3) is 0.368. The number of unbranched alkanes of at least 4 members (excludes halogenated alkanes) is 1. The van der Waals surface area contributed by atoms with Gasteiger partial charge in [0, 0.05) is 28.8 Å². The summed E-state index contributed by atoms with van der Waals surface area (Å²) in [5.74, 6) is 0.392. The molecule has 52 heavy (non-hydrogen) atoms. The average Bonchev–Trinajstić information content (AvgIpc) is 3.63. The van der Waals surface area contributed by atoms with E-state index < -0.39 is 24.0 Å². The monoisotopic (exact) mass is 740 g/mol. The number of amides is 1. The van der Waals surface area contributed by atoms with E-state index in [1.54, 1.807) is 35.6 Å². The summed E-state index contributed by atoms with van der Waals surface area (Å²) in [6, 6.07) is 18.2. The fourth-order valence-electron chi connectivity index (χ4n) is 5.05. The van der Waals surface area contributed by atoms with Gasteiger partial charge in [0.15, 0.2) is 0 Å². The topological polar surface area (TPSA) is 202 Å². The maximum absolute atomic E-state index is 12.4. The van der Waals surface area contributed by atoms with Gasteiger partial charge in [0.25, 0.3) is 0 Å². The number of nitrogens with one attached hydrogen (secondary N) is 2. The molecule has 1 amide bonds. The molecule has 0 saturated carbocycles. The Bertz CT molecular complexity index is 1890. The molecule has 4 aromatic rings. The Morgan fingerprint density at radius 2 is 1.71 bits per heavy atom. The highest BCUT2D eigenvalue weighted by atomic mass is 32.2. The number of carbonyl (C=O) groups is 2. The smallest absolute Gasteiger partial charge is 0.328 e. The van der Waals surface area contributed by atoms with Gasteiger partial charge in [0.1, 0.15) is 58.6 Å². The van der Waals surface area contributed by atoms with Gasteiger partial charge in [-0.3, -0.25) is 4.79 Å². The maximum Gasteiger partial charge on any atom is 0.328 e. The van der Waals surface area contributed by atoms with Crippen LogP contribution in [0, 0.1) is 29.6 Å². The second-order valence-corrected chi connectivity index (χ2v) is 13.8. The molecule has 0 unspecified atom stereocenters. The third-order valence-electron chi connectivity index (χ3n) is 7.89. The van der Waals surface area contributed by atoms with E-state index in [1.165, 1.54) is 24.2 Å². The first-order valence-electron chi connectivity index (χ1n) is 17.1. The summed E-state index contributed by atoms with van der Waals surface area (Å²) in [6.07, 6.45) is 2.80. The lowest BCUT2D eigenvalue weighted by atomic mass is 9.96. The molecule has 0 aliphatic rings. The van der Waals surface area contributed by atoms with Crippen LogP contribution in [-0.2, 0) is 20.1 Å². The second-order valence-electron chi connectivity index (χ2n) is 12.0. The van der Waals surface area contributed by atoms with Crippen LogP contribution < -0.4 is 26.8 Å². The van der Waals surface area contributed by atoms with Gasteiger partial charge in [-0.25, -0.2) is 14.8 Å². The number of aromatic nitrogens is 2. The minimum Gasteiger partial charge on any atom is -0.490 e. The summed E-state index contributed by atoms with van der Waals surface area (Å²) in [5, 5.41) is 29.9. The number of thioether (sulfide) groups is 1. The Kier molecular flexibility index (Phi) is 15.4. The number of nitrogens with zero attached hydrogens (tertiary/aromatic N) is 4. The maximum atomic E-state index is 12.4. The summed E-state index contributed by atoms with van der Waals surface area (Å²) in [4.78, 5) is 34.2. The quantitative estimate of drug-likeness (QED) is 0.0503. The predicted molar refractivity (Wildman–Crippen MR) is 205 cm³/mol. The third-order valence-corrected chi connectivity index (χ3v) is 9.84. The number of hydrogen-bond donors (Lipinski definition) is 4. The van der Waals surface area contributed by atoms with Crippen molar-refractivity contribution in [1.29, 1.82) is 10.5 Å². The van der Waals surface area contributed by atoms with Crippen LogP contribution in [0.1, 0.15) is 61.9 Å². The van der Waals surface area contributed by atoms with Crippen LogP contribution in [0.2, 0.25) is 0 Å². The Labute approximate surface area is 312 Å². The lowest BCUT2D eigenvalue weighted by Crippen LogP contribution is -2.47. The normalized spacial score (nSPS) is 11.9. The van der Waals surface area contributed by atoms with Gasteiger partial charge >= 0.3 is 5.97 Å². The minimum absolute atomic E-state index is 0.0383. The van der Waals surface area contributed by atoms with E-state index in [4.69, 9.17) is 30.9 Å². The molecule has 0 spiro atoms. The Balaban J connectivity index is 1.43. The standard InChI is InChI=1S/C38H44N8O4S2/c1-4-17-43-34-30(20-40)33(31(21-41)37(46-34)52-23-28-22-51-36(45-28)27-10-8-24(2)9-11-27)26-12-14-29(15-13-26)49-18-19-50-38(48)25(3)44-35(47)32(42)7-5-6-16-39/h8-15,22,25,32H,4-7,16-19,23,39,42H2,1-3H3,(H,43,46)(H,44,47)/t25-,32-/m0/s1. The zero-order valence-corrected chi connectivity index (χ0v) is 31.2. The lowest BCUT2D eigenvalue weighted by Gasteiger charge is -2.17. The summed E-state index contributed by atoms with van der Waals surface area (Å²) in [7, 11) is 0. The van der Waals surface area contributed by atoms with Crippen molar-refractivity contribution in [3.8, 4) is 39.6 Å². The number of pyridine rings is 1. The first-order chi connectivity index (χ1) is 25.2. The lowest BCUT2D eigenvalue weighted by molar-refractivity contribution is -0.148. The molecule has 0 fully saturated rings. The molecule has 0 aliphatic carbocycles. The summed E-state index contributed by atoms with van der Waals surface area (Å²) in [5.41, 5.74) is 16.2. The molecule has 0 bridgehead atoms. The number of nitriles is 2.